The average molecular weight is 358 g/mol. The van der Waals surface area contributed by atoms with Crippen LogP contribution in [0.25, 0.3) is 0 Å². The van der Waals surface area contributed by atoms with Gasteiger partial charge in [-0.05, 0) is 19.1 Å². The van der Waals surface area contributed by atoms with Gasteiger partial charge in [0.25, 0.3) is 5.91 Å². The Morgan fingerprint density at radius 2 is 2.27 bits per heavy atom. The number of ether oxygens (including phenoxy) is 3. The van der Waals surface area contributed by atoms with Gasteiger partial charge in [-0.15, -0.1) is 10.2 Å². The highest BCUT2D eigenvalue weighted by molar-refractivity contribution is 5.92. The fourth-order valence-corrected chi connectivity index (χ4v) is 2.28. The molecule has 11 heteroatoms. The summed E-state index contributed by atoms with van der Waals surface area (Å²) < 4.78 is 21.4. The molecule has 1 unspecified atom stereocenters. The second-order valence-corrected chi connectivity index (χ2v) is 5.40. The van der Waals surface area contributed by atoms with Gasteiger partial charge < -0.3 is 23.9 Å². The van der Waals surface area contributed by atoms with Crippen LogP contribution in [0.4, 0.5) is 0 Å². The van der Waals surface area contributed by atoms with Crippen LogP contribution in [0.1, 0.15) is 35.2 Å². The zero-order valence-electron chi connectivity index (χ0n) is 13.6. The molecular formula is C15H14N6O5. The van der Waals surface area contributed by atoms with Gasteiger partial charge in [0.1, 0.15) is 12.0 Å². The predicted octanol–water partition coefficient (Wildman–Crippen LogP) is 0.986. The Morgan fingerprint density at radius 1 is 1.38 bits per heavy atom. The summed E-state index contributed by atoms with van der Waals surface area (Å²) in [6, 6.07) is 4.79. The van der Waals surface area contributed by atoms with Gasteiger partial charge in [-0.2, -0.15) is 5.21 Å². The molecule has 3 heterocycles. The normalized spacial score (nSPS) is 13.4. The first-order chi connectivity index (χ1) is 12.7. The standard InChI is InChI=1S/C15H14N6O5/c1-8(14-18-20-21-19-14)16-15(22)10-5-24-13(17-10)6-23-9-2-3-11-12(4-9)26-7-25-11/h2-5,8H,6-7H2,1H3,(H,16,22)(H,18,19,20,21). The number of amides is 1. The second kappa shape index (κ2) is 6.70. The molecule has 1 aromatic carbocycles. The van der Waals surface area contributed by atoms with Crippen molar-refractivity contribution in [3.05, 3.63) is 41.9 Å². The molecule has 1 aliphatic heterocycles. The van der Waals surface area contributed by atoms with Crippen molar-refractivity contribution < 1.29 is 23.4 Å². The molecule has 3 aromatic rings. The minimum absolute atomic E-state index is 0.0628. The first-order valence-electron chi connectivity index (χ1n) is 7.70. The number of H-pyrrole nitrogens is 1. The lowest BCUT2D eigenvalue weighted by Crippen LogP contribution is -2.27. The van der Waals surface area contributed by atoms with E-state index in [1.807, 2.05) is 0 Å². The Kier molecular flexibility index (Phi) is 4.09. The maximum atomic E-state index is 12.2. The number of hydrogen-bond acceptors (Lipinski definition) is 9. The Balaban J connectivity index is 1.35. The molecule has 0 radical (unpaired) electrons. The third kappa shape index (κ3) is 3.27. The van der Waals surface area contributed by atoms with Crippen molar-refractivity contribution in [2.45, 2.75) is 19.6 Å². The zero-order chi connectivity index (χ0) is 17.9. The number of fused-ring (bicyclic) bond motifs is 1. The van der Waals surface area contributed by atoms with E-state index in [2.05, 4.69) is 30.9 Å². The number of rotatable bonds is 6. The van der Waals surface area contributed by atoms with Crippen LogP contribution in [0.2, 0.25) is 0 Å². The van der Waals surface area contributed by atoms with Crippen molar-refractivity contribution >= 4 is 5.91 Å². The lowest BCUT2D eigenvalue weighted by molar-refractivity contribution is 0.0933. The summed E-state index contributed by atoms with van der Waals surface area (Å²) in [5.41, 5.74) is 0.129. The number of tetrazole rings is 1. The number of nitrogens with one attached hydrogen (secondary N) is 2. The topological polar surface area (TPSA) is 137 Å². The van der Waals surface area contributed by atoms with Crippen LogP contribution in [0.3, 0.4) is 0 Å². The van der Waals surface area contributed by atoms with Gasteiger partial charge in [-0.1, -0.05) is 5.21 Å². The van der Waals surface area contributed by atoms with Gasteiger partial charge in [0.05, 0.1) is 6.04 Å². The Morgan fingerprint density at radius 3 is 3.12 bits per heavy atom. The average Bonchev–Trinajstić information content (AvgIpc) is 3.40. The quantitative estimate of drug-likeness (QED) is 0.660. The minimum Gasteiger partial charge on any atom is -0.484 e. The molecule has 1 amide bonds. The van der Waals surface area contributed by atoms with E-state index >= 15 is 0 Å². The van der Waals surface area contributed by atoms with Gasteiger partial charge in [-0.3, -0.25) is 4.79 Å². The molecule has 1 atom stereocenters. The smallest absolute Gasteiger partial charge is 0.273 e. The van der Waals surface area contributed by atoms with Gasteiger partial charge in [0.2, 0.25) is 12.7 Å². The summed E-state index contributed by atoms with van der Waals surface area (Å²) in [7, 11) is 0. The number of oxazole rings is 1. The molecule has 2 N–H and O–H groups in total. The molecule has 11 nitrogen and oxygen atoms in total. The predicted molar refractivity (Wildman–Crippen MR) is 83.5 cm³/mol. The minimum atomic E-state index is -0.425. The first-order valence-corrected chi connectivity index (χ1v) is 7.70. The van der Waals surface area contributed by atoms with Gasteiger partial charge in [0, 0.05) is 6.07 Å². The van der Waals surface area contributed by atoms with E-state index in [-0.39, 0.29) is 25.0 Å². The van der Waals surface area contributed by atoms with Crippen LogP contribution >= 0.6 is 0 Å². The summed E-state index contributed by atoms with van der Waals surface area (Å²) in [6.45, 7) is 1.99. The molecule has 0 aliphatic carbocycles. The highest BCUT2D eigenvalue weighted by atomic mass is 16.7. The Labute approximate surface area is 146 Å². The first kappa shape index (κ1) is 15.9. The maximum absolute atomic E-state index is 12.2. The van der Waals surface area contributed by atoms with Crippen LogP contribution in [0.15, 0.2) is 28.9 Å². The fourth-order valence-electron chi connectivity index (χ4n) is 2.28. The number of carbonyl (C=O) groups excluding carboxylic acids is 1. The largest absolute Gasteiger partial charge is 0.484 e. The SMILES string of the molecule is CC(NC(=O)c1coc(COc2ccc3c(c2)OCO3)n1)c1nn[nH]n1. The summed E-state index contributed by atoms with van der Waals surface area (Å²) in [5, 5.41) is 16.1. The second-order valence-electron chi connectivity index (χ2n) is 5.40. The molecular weight excluding hydrogens is 344 g/mol. The molecule has 26 heavy (non-hydrogen) atoms. The van der Waals surface area contributed by atoms with Crippen LogP contribution in [0, 0.1) is 0 Å². The molecule has 0 fully saturated rings. The van der Waals surface area contributed by atoms with Gasteiger partial charge in [0.15, 0.2) is 29.6 Å². The van der Waals surface area contributed by atoms with E-state index in [9.17, 15) is 4.79 Å². The van der Waals surface area contributed by atoms with Crippen molar-refractivity contribution in [2.24, 2.45) is 0 Å². The van der Waals surface area contributed by atoms with E-state index in [0.717, 1.165) is 0 Å². The molecule has 0 spiro atoms. The van der Waals surface area contributed by atoms with Gasteiger partial charge >= 0.3 is 0 Å². The van der Waals surface area contributed by atoms with Crippen LogP contribution in [-0.2, 0) is 6.61 Å². The van der Waals surface area contributed by atoms with Crippen molar-refractivity contribution in [1.29, 1.82) is 0 Å². The molecule has 4 rings (SSSR count). The number of benzene rings is 1. The van der Waals surface area contributed by atoms with E-state index in [4.69, 9.17) is 18.6 Å². The summed E-state index contributed by atoms with van der Waals surface area (Å²) in [6.07, 6.45) is 1.26. The molecule has 2 aromatic heterocycles. The molecule has 0 saturated carbocycles. The van der Waals surface area contributed by atoms with Crippen molar-refractivity contribution in [2.75, 3.05) is 6.79 Å². The third-order valence-corrected chi connectivity index (χ3v) is 3.59. The van der Waals surface area contributed by atoms with Crippen molar-refractivity contribution in [3.8, 4) is 17.2 Å². The van der Waals surface area contributed by atoms with E-state index in [1.54, 1.807) is 25.1 Å². The highest BCUT2D eigenvalue weighted by Crippen LogP contribution is 2.35. The van der Waals surface area contributed by atoms with Crippen LogP contribution < -0.4 is 19.5 Å². The maximum Gasteiger partial charge on any atom is 0.273 e. The molecule has 0 bridgehead atoms. The summed E-state index contributed by atoms with van der Waals surface area (Å²) >= 11 is 0. The highest BCUT2D eigenvalue weighted by Gasteiger charge is 2.18. The fraction of sp³-hybridized carbons (Fsp3) is 0.267. The van der Waals surface area contributed by atoms with Crippen LogP contribution in [-0.4, -0.2) is 38.3 Å². The number of aromatic amines is 1. The van der Waals surface area contributed by atoms with E-state index < -0.39 is 11.9 Å². The van der Waals surface area contributed by atoms with Crippen LogP contribution in [0.5, 0.6) is 17.2 Å². The molecule has 1 aliphatic rings. The zero-order valence-corrected chi connectivity index (χ0v) is 13.6. The lowest BCUT2D eigenvalue weighted by Gasteiger charge is -2.07. The lowest BCUT2D eigenvalue weighted by atomic mass is 10.3. The van der Waals surface area contributed by atoms with E-state index in [1.165, 1.54) is 6.26 Å². The Bertz CT molecular complexity index is 909. The monoisotopic (exact) mass is 358 g/mol. The number of nitrogens with zero attached hydrogens (tertiary/aromatic N) is 4. The van der Waals surface area contributed by atoms with E-state index in [0.29, 0.717) is 23.1 Å². The number of carbonyl (C=O) groups is 1. The van der Waals surface area contributed by atoms with Gasteiger partial charge in [-0.25, -0.2) is 4.98 Å². The Hall–Kier alpha value is -3.63. The molecule has 0 saturated heterocycles. The third-order valence-electron chi connectivity index (χ3n) is 3.59. The molecule has 134 valence electrons. The summed E-state index contributed by atoms with van der Waals surface area (Å²) in [4.78, 5) is 16.3. The van der Waals surface area contributed by atoms with Crippen molar-refractivity contribution in [1.82, 2.24) is 30.9 Å². The number of hydrogen-bond donors (Lipinski definition) is 2. The number of aromatic nitrogens is 5. The van der Waals surface area contributed by atoms with Crippen molar-refractivity contribution in [3.63, 3.8) is 0 Å². The summed E-state index contributed by atoms with van der Waals surface area (Å²) in [5.74, 6) is 2.08.